The number of halogens is 3. The summed E-state index contributed by atoms with van der Waals surface area (Å²) in [6, 6.07) is 6.93. The van der Waals surface area contributed by atoms with Gasteiger partial charge in [-0.05, 0) is 55.2 Å². The molecule has 2 saturated heterocycles. The smallest absolute Gasteiger partial charge is 0.416 e. The van der Waals surface area contributed by atoms with E-state index in [1.807, 2.05) is 12.3 Å². The van der Waals surface area contributed by atoms with Gasteiger partial charge in [0.05, 0.1) is 18.8 Å². The van der Waals surface area contributed by atoms with Gasteiger partial charge in [0.1, 0.15) is 17.5 Å². The summed E-state index contributed by atoms with van der Waals surface area (Å²) < 4.78 is 49.5. The molecule has 0 bridgehead atoms. The molecule has 5 rings (SSSR count). The highest BCUT2D eigenvalue weighted by Crippen LogP contribution is 2.39. The summed E-state index contributed by atoms with van der Waals surface area (Å²) in [6.45, 7) is 2.16. The molecule has 1 aliphatic carbocycles. The Morgan fingerprint density at radius 3 is 2.33 bits per heavy atom. The average Bonchev–Trinajstić information content (AvgIpc) is 2.75. The van der Waals surface area contributed by atoms with Crippen molar-refractivity contribution in [1.29, 1.82) is 0 Å². The Morgan fingerprint density at radius 2 is 1.79 bits per heavy atom. The molecule has 0 radical (unpaired) electrons. The summed E-state index contributed by atoms with van der Waals surface area (Å²) in [7, 11) is 0. The second kappa shape index (κ2) is 8.65. The number of ether oxygens (including phenoxy) is 2. The molecule has 2 aliphatic heterocycles. The summed E-state index contributed by atoms with van der Waals surface area (Å²) in [5.74, 6) is 0.465. The molecule has 8 heteroatoms. The quantitative estimate of drug-likeness (QED) is 0.698. The van der Waals surface area contributed by atoms with Crippen molar-refractivity contribution in [2.24, 2.45) is 0 Å². The number of alkyl halides is 3. The molecule has 176 valence electrons. The molecule has 0 atom stereocenters. The van der Waals surface area contributed by atoms with Crippen molar-refractivity contribution in [2.45, 2.75) is 50.0 Å². The second-order valence-electron chi connectivity index (χ2n) is 9.12. The molecule has 5 nitrogen and oxygen atoms in total. The molecule has 33 heavy (non-hydrogen) atoms. The number of aliphatic hydroxyl groups is 1. The normalized spacial score (nSPS) is 20.7. The Bertz CT molecular complexity index is 1020. The van der Waals surface area contributed by atoms with Crippen molar-refractivity contribution >= 4 is 5.70 Å². The van der Waals surface area contributed by atoms with Gasteiger partial charge in [-0.1, -0.05) is 0 Å². The highest BCUT2D eigenvalue weighted by atomic mass is 19.4. The lowest BCUT2D eigenvalue weighted by Gasteiger charge is -2.39. The SMILES string of the molecule is OC1(c2cncc(C(=C3CCC3)N3CCC(Oc4ccc(C(F)(F)F)cc4)CC3)c2)COC1. The maximum Gasteiger partial charge on any atom is 0.416 e. The summed E-state index contributed by atoms with van der Waals surface area (Å²) in [5, 5.41) is 10.7. The van der Waals surface area contributed by atoms with Crippen molar-refractivity contribution in [1.82, 2.24) is 9.88 Å². The summed E-state index contributed by atoms with van der Waals surface area (Å²) >= 11 is 0. The molecule has 1 aromatic heterocycles. The Morgan fingerprint density at radius 1 is 1.09 bits per heavy atom. The summed E-state index contributed by atoms with van der Waals surface area (Å²) in [6.07, 6.45) is 4.05. The van der Waals surface area contributed by atoms with E-state index in [2.05, 4.69) is 9.88 Å². The first kappa shape index (κ1) is 22.2. The second-order valence-corrected chi connectivity index (χ2v) is 9.12. The highest BCUT2D eigenvalue weighted by molar-refractivity contribution is 5.68. The molecule has 3 fully saturated rings. The first-order chi connectivity index (χ1) is 15.8. The van der Waals surface area contributed by atoms with E-state index >= 15 is 0 Å². The Balaban J connectivity index is 1.27. The van der Waals surface area contributed by atoms with E-state index in [1.165, 1.54) is 29.8 Å². The van der Waals surface area contributed by atoms with Gasteiger partial charge in [0.25, 0.3) is 0 Å². The number of rotatable bonds is 5. The van der Waals surface area contributed by atoms with Crippen molar-refractivity contribution < 1.29 is 27.8 Å². The zero-order valence-electron chi connectivity index (χ0n) is 18.3. The first-order valence-corrected chi connectivity index (χ1v) is 11.4. The zero-order valence-corrected chi connectivity index (χ0v) is 18.3. The lowest BCUT2D eigenvalue weighted by molar-refractivity contribution is -0.184. The molecule has 1 aromatic carbocycles. The number of piperidine rings is 1. The van der Waals surface area contributed by atoms with Crippen LogP contribution in [0.1, 0.15) is 48.8 Å². The fraction of sp³-hybridized carbons (Fsp3) is 0.480. The predicted octanol–water partition coefficient (Wildman–Crippen LogP) is 4.76. The molecule has 3 heterocycles. The van der Waals surface area contributed by atoms with Gasteiger partial charge in [0, 0.05) is 55.1 Å². The van der Waals surface area contributed by atoms with Gasteiger partial charge in [-0.15, -0.1) is 0 Å². The van der Waals surface area contributed by atoms with E-state index in [4.69, 9.17) is 9.47 Å². The number of hydrogen-bond acceptors (Lipinski definition) is 5. The average molecular weight is 460 g/mol. The van der Waals surface area contributed by atoms with Crippen LogP contribution in [0.5, 0.6) is 5.75 Å². The van der Waals surface area contributed by atoms with Crippen LogP contribution in [0.3, 0.4) is 0 Å². The number of nitrogens with zero attached hydrogens (tertiary/aromatic N) is 2. The zero-order chi connectivity index (χ0) is 23.1. The Labute approximate surface area is 190 Å². The molecular weight excluding hydrogens is 433 g/mol. The van der Waals surface area contributed by atoms with Crippen LogP contribution in [0.15, 0.2) is 48.3 Å². The highest BCUT2D eigenvalue weighted by Gasteiger charge is 2.39. The first-order valence-electron chi connectivity index (χ1n) is 11.4. The molecule has 1 saturated carbocycles. The van der Waals surface area contributed by atoms with Gasteiger partial charge in [-0.25, -0.2) is 0 Å². The summed E-state index contributed by atoms with van der Waals surface area (Å²) in [5.41, 5.74) is 2.78. The third kappa shape index (κ3) is 4.59. The number of aromatic nitrogens is 1. The number of pyridine rings is 1. The van der Waals surface area contributed by atoms with Crippen molar-refractivity contribution in [3.63, 3.8) is 0 Å². The van der Waals surface area contributed by atoms with Gasteiger partial charge in [0.2, 0.25) is 0 Å². The molecule has 3 aliphatic rings. The van der Waals surface area contributed by atoms with E-state index < -0.39 is 17.3 Å². The van der Waals surface area contributed by atoms with E-state index in [-0.39, 0.29) is 19.3 Å². The van der Waals surface area contributed by atoms with Crippen molar-refractivity contribution in [3.05, 3.63) is 65.0 Å². The standard InChI is InChI=1S/C25H27F3N2O3/c26-25(27,28)19-4-6-21(7-5-19)33-22-8-10-30(11-9-22)23(17-2-1-3-17)18-12-20(14-29-13-18)24(31)15-32-16-24/h4-7,12-14,22,31H,1-3,8-11,15-16H2. The number of hydrogen-bond donors (Lipinski definition) is 1. The van der Waals surface area contributed by atoms with E-state index in [0.29, 0.717) is 5.75 Å². The predicted molar refractivity (Wildman–Crippen MR) is 116 cm³/mol. The monoisotopic (exact) mass is 460 g/mol. The van der Waals surface area contributed by atoms with Crippen molar-refractivity contribution in [3.8, 4) is 5.75 Å². The van der Waals surface area contributed by atoms with Gasteiger partial charge < -0.3 is 19.5 Å². The van der Waals surface area contributed by atoms with Crippen molar-refractivity contribution in [2.75, 3.05) is 26.3 Å². The molecule has 0 unspecified atom stereocenters. The number of benzene rings is 1. The van der Waals surface area contributed by atoms with Gasteiger partial charge in [-0.2, -0.15) is 13.2 Å². The third-order valence-electron chi connectivity index (χ3n) is 6.77. The Hall–Kier alpha value is -2.58. The molecule has 1 N–H and O–H groups in total. The number of allylic oxidation sites excluding steroid dienone is 1. The van der Waals surface area contributed by atoms with Crippen LogP contribution < -0.4 is 4.74 Å². The van der Waals surface area contributed by atoms with Crippen LogP contribution in [0, 0.1) is 0 Å². The number of likely N-dealkylation sites (tertiary alicyclic amines) is 1. The van der Waals surface area contributed by atoms with Crippen LogP contribution in [0.4, 0.5) is 13.2 Å². The van der Waals surface area contributed by atoms with Crippen LogP contribution in [-0.4, -0.2) is 47.4 Å². The fourth-order valence-corrected chi connectivity index (χ4v) is 4.60. The topological polar surface area (TPSA) is 54.8 Å². The van der Waals surface area contributed by atoms with E-state index in [0.717, 1.165) is 62.0 Å². The van der Waals surface area contributed by atoms with Crippen LogP contribution in [0.25, 0.3) is 5.70 Å². The molecular formula is C25H27F3N2O3. The Kier molecular flexibility index (Phi) is 5.82. The minimum Gasteiger partial charge on any atom is -0.490 e. The van der Waals surface area contributed by atoms with Gasteiger partial charge in [0.15, 0.2) is 0 Å². The minimum absolute atomic E-state index is 0.0390. The van der Waals surface area contributed by atoms with E-state index in [9.17, 15) is 18.3 Å². The lowest BCUT2D eigenvalue weighted by atomic mass is 9.86. The van der Waals surface area contributed by atoms with Crippen LogP contribution in [-0.2, 0) is 16.5 Å². The largest absolute Gasteiger partial charge is 0.490 e. The molecule has 2 aromatic rings. The van der Waals surface area contributed by atoms with Gasteiger partial charge in [-0.3, -0.25) is 4.98 Å². The molecule has 0 amide bonds. The molecule has 0 spiro atoms. The lowest BCUT2D eigenvalue weighted by Crippen LogP contribution is -2.46. The minimum atomic E-state index is -4.34. The maximum atomic E-state index is 12.8. The van der Waals surface area contributed by atoms with Gasteiger partial charge >= 0.3 is 6.18 Å². The van der Waals surface area contributed by atoms with Crippen LogP contribution >= 0.6 is 0 Å². The van der Waals surface area contributed by atoms with E-state index in [1.54, 1.807) is 6.20 Å². The fourth-order valence-electron chi connectivity index (χ4n) is 4.60. The third-order valence-corrected chi connectivity index (χ3v) is 6.77. The summed E-state index contributed by atoms with van der Waals surface area (Å²) in [4.78, 5) is 6.77. The van der Waals surface area contributed by atoms with Crippen LogP contribution in [0.2, 0.25) is 0 Å². The maximum absolute atomic E-state index is 12.8.